The summed E-state index contributed by atoms with van der Waals surface area (Å²) in [4.78, 5) is 10.6. The fourth-order valence-electron chi connectivity index (χ4n) is 2.59. The maximum absolute atomic E-state index is 4.66. The molecule has 2 aromatic heterocycles. The van der Waals surface area contributed by atoms with E-state index in [1.54, 1.807) is 0 Å². The van der Waals surface area contributed by atoms with Gasteiger partial charge in [-0.2, -0.15) is 0 Å². The van der Waals surface area contributed by atoms with Crippen LogP contribution in [-0.2, 0) is 6.42 Å². The second kappa shape index (κ2) is 9.87. The van der Waals surface area contributed by atoms with Crippen molar-refractivity contribution in [3.05, 3.63) is 66.6 Å². The normalized spacial score (nSPS) is 11.7. The highest BCUT2D eigenvalue weighted by molar-refractivity contribution is 7.99. The third kappa shape index (κ3) is 5.52. The van der Waals surface area contributed by atoms with Gasteiger partial charge in [-0.15, -0.1) is 11.8 Å². The van der Waals surface area contributed by atoms with Crippen LogP contribution < -0.4 is 10.6 Å². The Hall–Kier alpha value is -2.47. The average Bonchev–Trinajstić information content (AvgIpc) is 3.09. The molecular formula is C20H25N5S. The number of rotatable bonds is 8. The van der Waals surface area contributed by atoms with Gasteiger partial charge in [-0.05, 0) is 31.2 Å². The highest BCUT2D eigenvalue weighted by Gasteiger charge is 2.01. The third-order valence-electron chi connectivity index (χ3n) is 3.80. The molecule has 0 saturated carbocycles. The summed E-state index contributed by atoms with van der Waals surface area (Å²) in [6.07, 6.45) is 4.92. The molecule has 1 aromatic carbocycles. The molecule has 0 saturated heterocycles. The van der Waals surface area contributed by atoms with Crippen molar-refractivity contribution in [2.45, 2.75) is 18.2 Å². The third-order valence-corrected chi connectivity index (χ3v) is 4.82. The molecule has 0 atom stereocenters. The molecule has 3 aromatic rings. The molecule has 0 amide bonds. The maximum Gasteiger partial charge on any atom is 0.191 e. The van der Waals surface area contributed by atoms with Crippen molar-refractivity contribution in [3.8, 4) is 0 Å². The molecule has 26 heavy (non-hydrogen) atoms. The zero-order chi connectivity index (χ0) is 18.0. The quantitative estimate of drug-likeness (QED) is 0.278. The van der Waals surface area contributed by atoms with Gasteiger partial charge in [-0.25, -0.2) is 4.98 Å². The van der Waals surface area contributed by atoms with Gasteiger partial charge in [0.2, 0.25) is 0 Å². The number of pyridine rings is 1. The van der Waals surface area contributed by atoms with E-state index in [9.17, 15) is 0 Å². The van der Waals surface area contributed by atoms with E-state index in [1.165, 1.54) is 4.90 Å². The Morgan fingerprint density at radius 2 is 1.96 bits per heavy atom. The van der Waals surface area contributed by atoms with Crippen molar-refractivity contribution in [1.82, 2.24) is 20.0 Å². The lowest BCUT2D eigenvalue weighted by Gasteiger charge is -2.11. The molecule has 0 bridgehead atoms. The largest absolute Gasteiger partial charge is 0.357 e. The standard InChI is InChI=1S/C20H25N5S/c1-2-21-20(23-13-15-26-18-8-4-3-5-9-18)22-12-11-17-16-25-14-7-6-10-19(25)24-17/h3-10,14,16H,2,11-13,15H2,1H3,(H2,21,22,23). The first-order valence-electron chi connectivity index (χ1n) is 8.98. The number of thioether (sulfide) groups is 1. The number of guanidine groups is 1. The molecule has 0 aliphatic heterocycles. The van der Waals surface area contributed by atoms with Gasteiger partial charge in [-0.1, -0.05) is 24.3 Å². The number of hydrogen-bond acceptors (Lipinski definition) is 3. The molecule has 0 spiro atoms. The van der Waals surface area contributed by atoms with Gasteiger partial charge >= 0.3 is 0 Å². The van der Waals surface area contributed by atoms with E-state index in [0.29, 0.717) is 6.54 Å². The molecule has 3 rings (SSSR count). The molecule has 0 unspecified atom stereocenters. The SMILES string of the molecule is CCNC(=NCCc1cn2ccccc2n1)NCCSc1ccccc1. The molecule has 2 N–H and O–H groups in total. The Labute approximate surface area is 158 Å². The van der Waals surface area contributed by atoms with E-state index in [4.69, 9.17) is 0 Å². The van der Waals surface area contributed by atoms with E-state index in [2.05, 4.69) is 58.0 Å². The summed E-state index contributed by atoms with van der Waals surface area (Å²) in [7, 11) is 0. The highest BCUT2D eigenvalue weighted by Crippen LogP contribution is 2.15. The van der Waals surface area contributed by atoms with Crippen molar-refractivity contribution in [2.24, 2.45) is 4.99 Å². The summed E-state index contributed by atoms with van der Waals surface area (Å²) in [6, 6.07) is 16.5. The fourth-order valence-corrected chi connectivity index (χ4v) is 3.38. The van der Waals surface area contributed by atoms with Crippen LogP contribution in [0, 0.1) is 0 Å². The maximum atomic E-state index is 4.66. The molecular weight excluding hydrogens is 342 g/mol. The second-order valence-corrected chi connectivity index (χ2v) is 6.97. The van der Waals surface area contributed by atoms with Crippen LogP contribution >= 0.6 is 11.8 Å². The van der Waals surface area contributed by atoms with Crippen molar-refractivity contribution in [3.63, 3.8) is 0 Å². The fraction of sp³-hybridized carbons (Fsp3) is 0.300. The zero-order valence-electron chi connectivity index (χ0n) is 15.1. The van der Waals surface area contributed by atoms with Crippen molar-refractivity contribution in [2.75, 3.05) is 25.4 Å². The summed E-state index contributed by atoms with van der Waals surface area (Å²) in [5.74, 6) is 1.87. The lowest BCUT2D eigenvalue weighted by Crippen LogP contribution is -2.38. The Balaban J connectivity index is 1.45. The Morgan fingerprint density at radius 3 is 2.77 bits per heavy atom. The van der Waals surface area contributed by atoms with Gasteiger partial charge in [0.25, 0.3) is 0 Å². The molecule has 5 nitrogen and oxygen atoms in total. The summed E-state index contributed by atoms with van der Waals surface area (Å²) in [5, 5.41) is 6.69. The minimum atomic E-state index is 0.713. The van der Waals surface area contributed by atoms with Gasteiger partial charge in [0.15, 0.2) is 5.96 Å². The minimum Gasteiger partial charge on any atom is -0.357 e. The molecule has 0 fully saturated rings. The number of aliphatic imine (C=N–C) groups is 1. The predicted molar refractivity (Wildman–Crippen MR) is 110 cm³/mol. The van der Waals surface area contributed by atoms with E-state index in [0.717, 1.165) is 42.6 Å². The zero-order valence-corrected chi connectivity index (χ0v) is 15.9. The number of hydrogen-bond donors (Lipinski definition) is 2. The topological polar surface area (TPSA) is 53.7 Å². The van der Waals surface area contributed by atoms with Crippen LogP contribution in [0.25, 0.3) is 5.65 Å². The Morgan fingerprint density at radius 1 is 1.12 bits per heavy atom. The molecule has 6 heteroatoms. The first-order valence-corrected chi connectivity index (χ1v) is 9.96. The number of nitrogens with one attached hydrogen (secondary N) is 2. The van der Waals surface area contributed by atoms with Crippen LogP contribution in [0.1, 0.15) is 12.6 Å². The van der Waals surface area contributed by atoms with Gasteiger partial charge in [0.05, 0.1) is 5.69 Å². The van der Waals surface area contributed by atoms with Crippen LogP contribution in [0.2, 0.25) is 0 Å². The van der Waals surface area contributed by atoms with Gasteiger partial charge in [-0.3, -0.25) is 4.99 Å². The predicted octanol–water partition coefficient (Wildman–Crippen LogP) is 3.22. The van der Waals surface area contributed by atoms with Crippen molar-refractivity contribution in [1.29, 1.82) is 0 Å². The monoisotopic (exact) mass is 367 g/mol. The van der Waals surface area contributed by atoms with Crippen LogP contribution in [0.5, 0.6) is 0 Å². The van der Waals surface area contributed by atoms with E-state index in [-0.39, 0.29) is 0 Å². The number of aromatic nitrogens is 2. The molecule has 0 aliphatic rings. The van der Waals surface area contributed by atoms with E-state index < -0.39 is 0 Å². The molecule has 136 valence electrons. The summed E-state index contributed by atoms with van der Waals surface area (Å²) < 4.78 is 2.04. The molecule has 0 radical (unpaired) electrons. The number of nitrogens with zero attached hydrogens (tertiary/aromatic N) is 3. The van der Waals surface area contributed by atoms with Gasteiger partial charge in [0.1, 0.15) is 5.65 Å². The Bertz CT molecular complexity index is 795. The average molecular weight is 368 g/mol. The number of fused-ring (bicyclic) bond motifs is 1. The second-order valence-electron chi connectivity index (χ2n) is 5.80. The number of benzene rings is 1. The number of imidazole rings is 1. The van der Waals surface area contributed by atoms with Crippen molar-refractivity contribution >= 4 is 23.4 Å². The van der Waals surface area contributed by atoms with Gasteiger partial charge < -0.3 is 15.0 Å². The minimum absolute atomic E-state index is 0.713. The molecule has 2 heterocycles. The smallest absolute Gasteiger partial charge is 0.191 e. The summed E-state index contributed by atoms with van der Waals surface area (Å²) >= 11 is 1.85. The summed E-state index contributed by atoms with van der Waals surface area (Å²) in [6.45, 7) is 4.52. The first-order chi connectivity index (χ1) is 12.8. The lowest BCUT2D eigenvalue weighted by atomic mass is 10.3. The first kappa shape index (κ1) is 18.3. The highest BCUT2D eigenvalue weighted by atomic mass is 32.2. The van der Waals surface area contributed by atoms with Crippen LogP contribution in [0.3, 0.4) is 0 Å². The van der Waals surface area contributed by atoms with Gasteiger partial charge in [0, 0.05) is 49.1 Å². The van der Waals surface area contributed by atoms with Crippen LogP contribution in [-0.4, -0.2) is 40.7 Å². The van der Waals surface area contributed by atoms with E-state index >= 15 is 0 Å². The van der Waals surface area contributed by atoms with Crippen LogP contribution in [0.15, 0.2) is 70.8 Å². The van der Waals surface area contributed by atoms with Crippen molar-refractivity contribution < 1.29 is 0 Å². The van der Waals surface area contributed by atoms with Crippen LogP contribution in [0.4, 0.5) is 0 Å². The lowest BCUT2D eigenvalue weighted by molar-refractivity contribution is 0.832. The summed E-state index contributed by atoms with van der Waals surface area (Å²) in [5.41, 5.74) is 2.05. The van der Waals surface area contributed by atoms with E-state index in [1.807, 2.05) is 46.6 Å². The molecule has 0 aliphatic carbocycles. The Kier molecular flexibility index (Phi) is 6.96.